The zero-order chi connectivity index (χ0) is 15.8. The van der Waals surface area contributed by atoms with E-state index >= 15 is 0 Å². The summed E-state index contributed by atoms with van der Waals surface area (Å²) >= 11 is 0. The van der Waals surface area contributed by atoms with Crippen molar-refractivity contribution in [1.82, 2.24) is 0 Å². The fourth-order valence-corrected chi connectivity index (χ4v) is 2.85. The molecule has 0 aromatic heterocycles. The first kappa shape index (κ1) is 29.5. The van der Waals surface area contributed by atoms with E-state index in [1.54, 1.807) is 0 Å². The predicted molar refractivity (Wildman–Crippen MR) is 94.1 cm³/mol. The summed E-state index contributed by atoms with van der Waals surface area (Å²) in [4.78, 5) is 17.0. The van der Waals surface area contributed by atoms with Crippen molar-refractivity contribution in [2.45, 2.75) is 96.8 Å². The average Bonchev–Trinajstić information content (AvgIpc) is 2.42. The van der Waals surface area contributed by atoms with Gasteiger partial charge in [0.1, 0.15) is 0 Å². The molecule has 0 bridgehead atoms. The maximum absolute atomic E-state index is 10.4. The van der Waals surface area contributed by atoms with E-state index < -0.39 is 7.82 Å². The van der Waals surface area contributed by atoms with Crippen LogP contribution in [0.3, 0.4) is 0 Å². The van der Waals surface area contributed by atoms with E-state index in [1.165, 1.54) is 70.6 Å². The molecular formula is C16H35NaO4PZn. The Morgan fingerprint density at radius 1 is 0.696 bits per heavy atom. The largest absolute Gasteiger partial charge is 0.469 e. The van der Waals surface area contributed by atoms with Crippen LogP contribution in [0.15, 0.2) is 0 Å². The molecule has 0 atom stereocenters. The summed E-state index contributed by atoms with van der Waals surface area (Å²) in [6, 6.07) is 0. The summed E-state index contributed by atoms with van der Waals surface area (Å²) in [6.45, 7) is 2.42. The fourth-order valence-electron chi connectivity index (χ4n) is 2.48. The summed E-state index contributed by atoms with van der Waals surface area (Å²) in [6.07, 6.45) is 17.8. The molecule has 0 saturated carbocycles. The van der Waals surface area contributed by atoms with Crippen LogP contribution in [0.5, 0.6) is 0 Å². The van der Waals surface area contributed by atoms with Gasteiger partial charge in [-0.3, -0.25) is 4.52 Å². The number of hydrogen-bond donors (Lipinski definition) is 2. The van der Waals surface area contributed by atoms with Crippen LogP contribution in [0.2, 0.25) is 0 Å². The molecule has 7 heteroatoms. The second-order valence-corrected chi connectivity index (χ2v) is 7.16. The third kappa shape index (κ3) is 28.8. The van der Waals surface area contributed by atoms with Gasteiger partial charge >= 0.3 is 7.82 Å². The van der Waals surface area contributed by atoms with Crippen LogP contribution in [0, 0.1) is 0 Å². The smallest absolute Gasteiger partial charge is 0.303 e. The molecule has 0 saturated heterocycles. The monoisotopic (exact) mass is 409 g/mol. The van der Waals surface area contributed by atoms with Gasteiger partial charge in [0, 0.05) is 49.0 Å². The first-order chi connectivity index (χ1) is 10.1. The second-order valence-electron chi connectivity index (χ2n) is 5.92. The average molecular weight is 411 g/mol. The van der Waals surface area contributed by atoms with Crippen LogP contribution in [-0.2, 0) is 28.6 Å². The van der Waals surface area contributed by atoms with Crippen molar-refractivity contribution < 1.29 is 38.4 Å². The molecule has 0 heterocycles. The maximum Gasteiger partial charge on any atom is 0.469 e. The fraction of sp³-hybridized carbons (Fsp3) is 1.00. The van der Waals surface area contributed by atoms with Gasteiger partial charge in [0.2, 0.25) is 0 Å². The summed E-state index contributed by atoms with van der Waals surface area (Å²) < 4.78 is 14.8. The molecule has 1 radical (unpaired) electrons. The van der Waals surface area contributed by atoms with Crippen molar-refractivity contribution >= 4 is 37.4 Å². The molecule has 0 aliphatic carbocycles. The van der Waals surface area contributed by atoms with Gasteiger partial charge in [-0.05, 0) is 6.42 Å². The topological polar surface area (TPSA) is 66.8 Å². The number of phosphoric acid groups is 1. The van der Waals surface area contributed by atoms with Crippen molar-refractivity contribution in [3.8, 4) is 0 Å². The minimum absolute atomic E-state index is 0. The van der Waals surface area contributed by atoms with E-state index in [-0.39, 0.29) is 55.6 Å². The molecule has 0 fully saturated rings. The zero-order valence-electron chi connectivity index (χ0n) is 15.5. The predicted octanol–water partition coefficient (Wildman–Crippen LogP) is 5.19. The Morgan fingerprint density at radius 3 is 1.30 bits per heavy atom. The van der Waals surface area contributed by atoms with Gasteiger partial charge in [0.05, 0.1) is 6.61 Å². The second kappa shape index (κ2) is 21.8. The van der Waals surface area contributed by atoms with E-state index in [2.05, 4.69) is 11.4 Å². The van der Waals surface area contributed by atoms with Gasteiger partial charge < -0.3 is 9.79 Å². The van der Waals surface area contributed by atoms with Crippen molar-refractivity contribution in [3.63, 3.8) is 0 Å². The molecule has 2 N–H and O–H groups in total. The van der Waals surface area contributed by atoms with Crippen molar-refractivity contribution in [3.05, 3.63) is 0 Å². The molecule has 0 aliphatic rings. The van der Waals surface area contributed by atoms with Crippen LogP contribution in [0.25, 0.3) is 0 Å². The Balaban J connectivity index is -0.00000200. The van der Waals surface area contributed by atoms with Gasteiger partial charge in [-0.25, -0.2) is 4.57 Å². The summed E-state index contributed by atoms with van der Waals surface area (Å²) in [7, 11) is -4.25. The van der Waals surface area contributed by atoms with Crippen LogP contribution in [0.1, 0.15) is 96.8 Å². The van der Waals surface area contributed by atoms with Crippen LogP contribution >= 0.6 is 7.82 Å². The number of unbranched alkanes of at least 4 members (excludes halogenated alkanes) is 13. The van der Waals surface area contributed by atoms with Crippen molar-refractivity contribution in [2.24, 2.45) is 0 Å². The van der Waals surface area contributed by atoms with Crippen LogP contribution < -0.4 is 0 Å². The Bertz CT molecular complexity index is 264. The molecule has 4 nitrogen and oxygen atoms in total. The van der Waals surface area contributed by atoms with Crippen molar-refractivity contribution in [2.75, 3.05) is 6.61 Å². The summed E-state index contributed by atoms with van der Waals surface area (Å²) in [5.74, 6) is 0. The first-order valence-corrected chi connectivity index (χ1v) is 10.3. The third-order valence-electron chi connectivity index (χ3n) is 3.76. The van der Waals surface area contributed by atoms with E-state index in [0.29, 0.717) is 0 Å². The number of phosphoric ester groups is 1. The Hall–Kier alpha value is 1.73. The zero-order valence-corrected chi connectivity index (χ0v) is 21.3. The number of hydrogen-bond acceptors (Lipinski definition) is 2. The molecule has 0 rings (SSSR count). The van der Waals surface area contributed by atoms with Gasteiger partial charge in [-0.2, -0.15) is 0 Å². The number of rotatable bonds is 16. The molecule has 0 aliphatic heterocycles. The van der Waals surface area contributed by atoms with Gasteiger partial charge in [0.25, 0.3) is 0 Å². The molecule has 23 heavy (non-hydrogen) atoms. The summed E-state index contributed by atoms with van der Waals surface area (Å²) in [5, 5.41) is 0. The minimum atomic E-state index is -4.25. The van der Waals surface area contributed by atoms with Gasteiger partial charge in [-0.15, -0.1) is 0 Å². The first-order valence-electron chi connectivity index (χ1n) is 8.76. The normalized spacial score (nSPS) is 10.9. The Kier molecular flexibility index (Phi) is 27.9. The third-order valence-corrected chi connectivity index (χ3v) is 4.28. The van der Waals surface area contributed by atoms with E-state index in [1.807, 2.05) is 0 Å². The van der Waals surface area contributed by atoms with Crippen LogP contribution in [0.4, 0.5) is 0 Å². The Morgan fingerprint density at radius 2 is 1.00 bits per heavy atom. The maximum atomic E-state index is 10.4. The molecule has 0 unspecified atom stereocenters. The van der Waals surface area contributed by atoms with Crippen LogP contribution in [-0.4, -0.2) is 46.0 Å². The van der Waals surface area contributed by atoms with E-state index in [0.717, 1.165) is 19.3 Å². The molecular weight excluding hydrogens is 376 g/mol. The van der Waals surface area contributed by atoms with E-state index in [9.17, 15) is 4.57 Å². The Labute approximate surface area is 178 Å². The molecule has 131 valence electrons. The molecule has 0 amide bonds. The molecule has 0 spiro atoms. The van der Waals surface area contributed by atoms with E-state index in [4.69, 9.17) is 9.79 Å². The molecule has 0 aromatic rings. The van der Waals surface area contributed by atoms with Crippen molar-refractivity contribution in [1.29, 1.82) is 0 Å². The van der Waals surface area contributed by atoms with Gasteiger partial charge in [-0.1, -0.05) is 90.4 Å². The summed E-state index contributed by atoms with van der Waals surface area (Å²) in [5.41, 5.74) is 0. The van der Waals surface area contributed by atoms with Gasteiger partial charge in [0.15, 0.2) is 0 Å². The quantitative estimate of drug-likeness (QED) is 0.209. The molecule has 0 aromatic carbocycles. The minimum Gasteiger partial charge on any atom is -0.303 e. The SMILES string of the molecule is CCCCCCCCCCCCCCCCOP(=O)(O)O.[Na].[Zn]. The standard InChI is InChI=1S/C16H35O4P.Na.Zn/c1-2-3-4-5-6-7-8-9-10-11-12-13-14-15-16-20-21(17,18)19;;/h2-16H2,1H3,(H2,17,18,19);;.